The fraction of sp³-hybridized carbons (Fsp3) is 0.562. The van der Waals surface area contributed by atoms with Crippen LogP contribution in [0.3, 0.4) is 0 Å². The topological polar surface area (TPSA) is 40.5 Å². The largest absolute Gasteiger partial charge is 0.388 e. The van der Waals surface area contributed by atoms with Gasteiger partial charge in [-0.1, -0.05) is 18.9 Å². The van der Waals surface area contributed by atoms with Gasteiger partial charge in [-0.15, -0.1) is 0 Å². The molecule has 1 aromatic rings. The van der Waals surface area contributed by atoms with Crippen molar-refractivity contribution in [3.63, 3.8) is 0 Å². The number of amides is 1. The highest BCUT2D eigenvalue weighted by atomic mass is 16.3. The Morgan fingerprint density at radius 2 is 1.89 bits per heavy atom. The van der Waals surface area contributed by atoms with Crippen molar-refractivity contribution < 1.29 is 9.90 Å². The van der Waals surface area contributed by atoms with Gasteiger partial charge in [0.15, 0.2) is 0 Å². The normalized spacial score (nSPS) is 17.5. The van der Waals surface area contributed by atoms with Gasteiger partial charge in [-0.05, 0) is 49.9 Å². The average Bonchev–Trinajstić information content (AvgIpc) is 2.78. The quantitative estimate of drug-likeness (QED) is 0.908. The predicted octanol–water partition coefficient (Wildman–Crippen LogP) is 2.68. The molecule has 1 aliphatic carbocycles. The zero-order valence-electron chi connectivity index (χ0n) is 12.1. The molecule has 1 saturated carbocycles. The number of benzene rings is 1. The molecule has 0 radical (unpaired) electrons. The van der Waals surface area contributed by atoms with E-state index < -0.39 is 5.60 Å². The van der Waals surface area contributed by atoms with Crippen molar-refractivity contribution in [3.8, 4) is 0 Å². The second kappa shape index (κ2) is 5.33. The van der Waals surface area contributed by atoms with Gasteiger partial charge in [-0.3, -0.25) is 4.79 Å². The van der Waals surface area contributed by atoms with Gasteiger partial charge in [-0.2, -0.15) is 0 Å². The molecule has 1 aromatic carbocycles. The van der Waals surface area contributed by atoms with Crippen molar-refractivity contribution >= 4 is 5.91 Å². The summed E-state index contributed by atoms with van der Waals surface area (Å²) in [6.07, 6.45) is 3.72. The Hall–Kier alpha value is -1.35. The number of likely N-dealkylation sites (N-methyl/N-ethyl adjacent to an activating group) is 1. The van der Waals surface area contributed by atoms with E-state index in [4.69, 9.17) is 0 Å². The highest BCUT2D eigenvalue weighted by Crippen LogP contribution is 2.30. The average molecular weight is 261 g/mol. The van der Waals surface area contributed by atoms with Crippen molar-refractivity contribution in [2.75, 3.05) is 13.6 Å². The zero-order chi connectivity index (χ0) is 14.0. The molecule has 0 unspecified atom stereocenters. The van der Waals surface area contributed by atoms with Crippen LogP contribution in [-0.2, 0) is 0 Å². The summed E-state index contributed by atoms with van der Waals surface area (Å²) >= 11 is 0. The Balaban J connectivity index is 2.08. The first-order chi connectivity index (χ1) is 8.91. The number of nitrogens with zero attached hydrogens (tertiary/aromatic N) is 1. The molecule has 1 aliphatic rings. The van der Waals surface area contributed by atoms with Gasteiger partial charge in [0.05, 0.1) is 5.60 Å². The molecule has 104 valence electrons. The van der Waals surface area contributed by atoms with Gasteiger partial charge >= 0.3 is 0 Å². The highest BCUT2D eigenvalue weighted by Gasteiger charge is 2.33. The number of carbonyl (C=O) groups excluding carboxylic acids is 1. The van der Waals surface area contributed by atoms with E-state index in [1.807, 2.05) is 32.0 Å². The van der Waals surface area contributed by atoms with E-state index in [-0.39, 0.29) is 5.91 Å². The van der Waals surface area contributed by atoms with E-state index in [1.165, 1.54) is 5.56 Å². The van der Waals surface area contributed by atoms with E-state index in [0.717, 1.165) is 31.2 Å². The molecule has 1 fully saturated rings. The molecular weight excluding hydrogens is 238 g/mol. The molecule has 1 amide bonds. The SMILES string of the molecule is Cc1ccc(C(=O)N(C)CC2(O)CCCC2)cc1C. The number of aliphatic hydroxyl groups is 1. The van der Waals surface area contributed by atoms with E-state index in [2.05, 4.69) is 0 Å². The van der Waals surface area contributed by atoms with Crippen LogP contribution >= 0.6 is 0 Å². The molecule has 1 N–H and O–H groups in total. The number of rotatable bonds is 3. The number of carbonyl (C=O) groups is 1. The zero-order valence-corrected chi connectivity index (χ0v) is 12.1. The molecule has 0 heterocycles. The third kappa shape index (κ3) is 3.16. The lowest BCUT2D eigenvalue weighted by Gasteiger charge is -2.28. The minimum Gasteiger partial charge on any atom is -0.388 e. The lowest BCUT2D eigenvalue weighted by molar-refractivity contribution is 0.0157. The Morgan fingerprint density at radius 1 is 1.26 bits per heavy atom. The number of aryl methyl sites for hydroxylation is 2. The van der Waals surface area contributed by atoms with Gasteiger partial charge in [-0.25, -0.2) is 0 Å². The maximum Gasteiger partial charge on any atom is 0.253 e. The molecule has 3 heteroatoms. The summed E-state index contributed by atoms with van der Waals surface area (Å²) in [5, 5.41) is 10.4. The Labute approximate surface area is 115 Å². The van der Waals surface area contributed by atoms with E-state index in [9.17, 15) is 9.90 Å². The van der Waals surface area contributed by atoms with E-state index >= 15 is 0 Å². The maximum absolute atomic E-state index is 12.4. The van der Waals surface area contributed by atoms with Crippen molar-refractivity contribution in [2.45, 2.75) is 45.1 Å². The fourth-order valence-corrected chi connectivity index (χ4v) is 2.80. The summed E-state index contributed by atoms with van der Waals surface area (Å²) in [5.74, 6) is -0.0107. The Morgan fingerprint density at radius 3 is 2.47 bits per heavy atom. The second-order valence-electron chi connectivity index (χ2n) is 5.89. The van der Waals surface area contributed by atoms with E-state index in [1.54, 1.807) is 11.9 Å². The van der Waals surface area contributed by atoms with Gasteiger partial charge in [0, 0.05) is 19.2 Å². The van der Waals surface area contributed by atoms with Crippen molar-refractivity contribution in [1.29, 1.82) is 0 Å². The fourth-order valence-electron chi connectivity index (χ4n) is 2.80. The smallest absolute Gasteiger partial charge is 0.253 e. The number of hydrogen-bond acceptors (Lipinski definition) is 2. The Kier molecular flexibility index (Phi) is 3.95. The van der Waals surface area contributed by atoms with Gasteiger partial charge in [0.2, 0.25) is 0 Å². The molecule has 19 heavy (non-hydrogen) atoms. The van der Waals surface area contributed by atoms with Crippen LogP contribution in [0.1, 0.15) is 47.2 Å². The third-order valence-corrected chi connectivity index (χ3v) is 4.17. The van der Waals surface area contributed by atoms with Crippen LogP contribution in [0.15, 0.2) is 18.2 Å². The standard InChI is InChI=1S/C16H23NO2/c1-12-6-7-14(10-13(12)2)15(18)17(3)11-16(19)8-4-5-9-16/h6-7,10,19H,4-5,8-9,11H2,1-3H3. The summed E-state index contributed by atoms with van der Waals surface area (Å²) in [7, 11) is 1.77. The summed E-state index contributed by atoms with van der Waals surface area (Å²) in [4.78, 5) is 14.0. The lowest BCUT2D eigenvalue weighted by atomic mass is 10.0. The molecule has 0 bridgehead atoms. The molecule has 0 spiro atoms. The van der Waals surface area contributed by atoms with Crippen molar-refractivity contribution in [2.24, 2.45) is 0 Å². The van der Waals surface area contributed by atoms with Crippen LogP contribution in [0.25, 0.3) is 0 Å². The van der Waals surface area contributed by atoms with Crippen molar-refractivity contribution in [1.82, 2.24) is 4.90 Å². The molecule has 2 rings (SSSR count). The van der Waals surface area contributed by atoms with Crippen LogP contribution in [-0.4, -0.2) is 35.1 Å². The number of hydrogen-bond donors (Lipinski definition) is 1. The first kappa shape index (κ1) is 14.1. The van der Waals surface area contributed by atoms with Crippen LogP contribution in [0, 0.1) is 13.8 Å². The van der Waals surface area contributed by atoms with Crippen LogP contribution in [0.4, 0.5) is 0 Å². The maximum atomic E-state index is 12.4. The van der Waals surface area contributed by atoms with Gasteiger partial charge in [0.1, 0.15) is 0 Å². The van der Waals surface area contributed by atoms with Crippen LogP contribution < -0.4 is 0 Å². The summed E-state index contributed by atoms with van der Waals surface area (Å²) in [5.41, 5.74) is 2.34. The predicted molar refractivity (Wildman–Crippen MR) is 76.3 cm³/mol. The lowest BCUT2D eigenvalue weighted by Crippen LogP contribution is -2.42. The first-order valence-electron chi connectivity index (χ1n) is 6.96. The minimum absolute atomic E-state index is 0.0107. The minimum atomic E-state index is -0.676. The van der Waals surface area contributed by atoms with E-state index in [0.29, 0.717) is 12.1 Å². The third-order valence-electron chi connectivity index (χ3n) is 4.17. The summed E-state index contributed by atoms with van der Waals surface area (Å²) < 4.78 is 0. The second-order valence-corrected chi connectivity index (χ2v) is 5.89. The van der Waals surface area contributed by atoms with Gasteiger partial charge in [0.25, 0.3) is 5.91 Å². The molecule has 0 saturated heterocycles. The molecular formula is C16H23NO2. The molecule has 0 aromatic heterocycles. The monoisotopic (exact) mass is 261 g/mol. The summed E-state index contributed by atoms with van der Waals surface area (Å²) in [6, 6.07) is 5.76. The Bertz CT molecular complexity index is 476. The van der Waals surface area contributed by atoms with Crippen LogP contribution in [0.5, 0.6) is 0 Å². The van der Waals surface area contributed by atoms with Crippen LogP contribution in [0.2, 0.25) is 0 Å². The van der Waals surface area contributed by atoms with Crippen molar-refractivity contribution in [3.05, 3.63) is 34.9 Å². The first-order valence-corrected chi connectivity index (χ1v) is 6.96. The van der Waals surface area contributed by atoms with Gasteiger partial charge < -0.3 is 10.0 Å². The summed E-state index contributed by atoms with van der Waals surface area (Å²) in [6.45, 7) is 4.48. The molecule has 0 aliphatic heterocycles. The highest BCUT2D eigenvalue weighted by molar-refractivity contribution is 5.94. The molecule has 3 nitrogen and oxygen atoms in total. The molecule has 0 atom stereocenters.